The van der Waals surface area contributed by atoms with Gasteiger partial charge in [0.1, 0.15) is 23.4 Å². The highest BCUT2D eigenvalue weighted by Gasteiger charge is 2.18. The molecular weight excluding hydrogens is 360 g/mol. The van der Waals surface area contributed by atoms with Crippen LogP contribution in [0.1, 0.15) is 12.5 Å². The normalized spacial score (nSPS) is 17.0. The van der Waals surface area contributed by atoms with E-state index < -0.39 is 0 Å². The van der Waals surface area contributed by atoms with E-state index in [1.54, 1.807) is 14.2 Å². The number of imidazole rings is 1. The molecular formula is C19H22N6O3. The summed E-state index contributed by atoms with van der Waals surface area (Å²) in [7, 11) is 3.42. The number of carbonyl (C=O) groups is 1. The van der Waals surface area contributed by atoms with Crippen LogP contribution < -0.4 is 20.7 Å². The number of anilines is 3. The number of hydrogen-bond donors (Lipinski definition) is 3. The zero-order valence-corrected chi connectivity index (χ0v) is 15.9. The molecule has 1 unspecified atom stereocenters. The molecule has 0 saturated heterocycles. The molecule has 28 heavy (non-hydrogen) atoms. The quantitative estimate of drug-likeness (QED) is 0.626. The molecule has 2 aromatic heterocycles. The summed E-state index contributed by atoms with van der Waals surface area (Å²) < 4.78 is 12.6. The molecule has 9 heteroatoms. The Labute approximate surface area is 162 Å². The van der Waals surface area contributed by atoms with E-state index in [2.05, 4.69) is 25.9 Å². The Kier molecular flexibility index (Phi) is 4.74. The first-order valence-electron chi connectivity index (χ1n) is 8.97. The van der Waals surface area contributed by atoms with Crippen LogP contribution in [-0.2, 0) is 11.3 Å². The van der Waals surface area contributed by atoms with Gasteiger partial charge in [-0.2, -0.15) is 0 Å². The molecule has 4 bridgehead atoms. The number of aromatic nitrogens is 3. The molecule has 3 N–H and O–H groups in total. The lowest BCUT2D eigenvalue weighted by Crippen LogP contribution is -2.38. The van der Waals surface area contributed by atoms with Crippen LogP contribution in [0.2, 0.25) is 0 Å². The summed E-state index contributed by atoms with van der Waals surface area (Å²) in [5.41, 5.74) is 3.57. The lowest BCUT2D eigenvalue weighted by Gasteiger charge is -2.17. The third-order valence-electron chi connectivity index (χ3n) is 4.53. The molecule has 1 aliphatic rings. The Morgan fingerprint density at radius 3 is 3.00 bits per heavy atom. The van der Waals surface area contributed by atoms with Crippen LogP contribution in [0, 0.1) is 0 Å². The highest BCUT2D eigenvalue weighted by atomic mass is 16.5. The van der Waals surface area contributed by atoms with Crippen molar-refractivity contribution in [3.05, 3.63) is 36.2 Å². The van der Waals surface area contributed by atoms with Gasteiger partial charge in [-0.05, 0) is 24.6 Å². The average Bonchev–Trinajstić information content (AvgIpc) is 3.11. The van der Waals surface area contributed by atoms with E-state index in [9.17, 15) is 4.79 Å². The van der Waals surface area contributed by atoms with Crippen LogP contribution in [0.5, 0.6) is 5.75 Å². The molecule has 3 aromatic rings. The van der Waals surface area contributed by atoms with Crippen molar-refractivity contribution >= 4 is 34.4 Å². The van der Waals surface area contributed by atoms with Crippen LogP contribution in [0.4, 0.5) is 22.0 Å². The van der Waals surface area contributed by atoms with E-state index in [1.165, 1.54) is 10.9 Å². The maximum atomic E-state index is 12.7. The third-order valence-corrected chi connectivity index (χ3v) is 4.53. The monoisotopic (exact) mass is 382 g/mol. The molecule has 0 saturated carbocycles. The maximum absolute atomic E-state index is 12.7. The van der Waals surface area contributed by atoms with Gasteiger partial charge in [0, 0.05) is 13.1 Å². The minimum absolute atomic E-state index is 0.171. The van der Waals surface area contributed by atoms with Crippen molar-refractivity contribution in [2.75, 3.05) is 31.4 Å². The molecule has 0 fully saturated rings. The van der Waals surface area contributed by atoms with E-state index in [1.807, 2.05) is 31.2 Å². The number of ether oxygens (including phenoxy) is 2. The van der Waals surface area contributed by atoms with Gasteiger partial charge in [-0.25, -0.2) is 19.3 Å². The second kappa shape index (κ2) is 7.35. The van der Waals surface area contributed by atoms with E-state index in [-0.39, 0.29) is 12.1 Å². The average molecular weight is 382 g/mol. The zero-order valence-electron chi connectivity index (χ0n) is 15.9. The van der Waals surface area contributed by atoms with E-state index >= 15 is 0 Å². The van der Waals surface area contributed by atoms with Crippen molar-refractivity contribution in [2.45, 2.75) is 19.6 Å². The molecule has 0 aliphatic carbocycles. The molecule has 4 rings (SSSR count). The molecule has 146 valence electrons. The van der Waals surface area contributed by atoms with Crippen molar-refractivity contribution in [3.63, 3.8) is 0 Å². The summed E-state index contributed by atoms with van der Waals surface area (Å²) >= 11 is 0. The van der Waals surface area contributed by atoms with E-state index in [0.29, 0.717) is 35.9 Å². The van der Waals surface area contributed by atoms with Gasteiger partial charge in [-0.1, -0.05) is 6.07 Å². The predicted octanol–water partition coefficient (Wildman–Crippen LogP) is 2.70. The number of fused-ring (bicyclic) bond motifs is 3. The molecule has 0 radical (unpaired) electrons. The van der Waals surface area contributed by atoms with Gasteiger partial charge in [-0.3, -0.25) is 0 Å². The minimum atomic E-state index is -0.307. The van der Waals surface area contributed by atoms with Crippen molar-refractivity contribution in [1.29, 1.82) is 0 Å². The number of nitrogens with one attached hydrogen (secondary N) is 3. The summed E-state index contributed by atoms with van der Waals surface area (Å²) in [5.74, 6) is 1.25. The molecule has 1 atom stereocenters. The highest BCUT2D eigenvalue weighted by molar-refractivity contribution is 5.94. The molecule has 9 nitrogen and oxygen atoms in total. The van der Waals surface area contributed by atoms with Crippen molar-refractivity contribution in [2.24, 2.45) is 0 Å². The summed E-state index contributed by atoms with van der Waals surface area (Å²) in [6, 6.07) is 7.17. The summed E-state index contributed by atoms with van der Waals surface area (Å²) in [4.78, 5) is 21.7. The summed E-state index contributed by atoms with van der Waals surface area (Å²) in [5, 5.41) is 9.31. The van der Waals surface area contributed by atoms with Gasteiger partial charge in [0.05, 0.1) is 37.7 Å². The fourth-order valence-corrected chi connectivity index (χ4v) is 3.15. The van der Waals surface area contributed by atoms with Gasteiger partial charge in [-0.15, -0.1) is 0 Å². The molecule has 3 heterocycles. The number of amides is 1. The first-order valence-corrected chi connectivity index (χ1v) is 8.97. The smallest absolute Gasteiger partial charge is 0.328 e. The van der Waals surface area contributed by atoms with E-state index in [0.717, 1.165) is 16.9 Å². The Balaban J connectivity index is 1.88. The molecule has 0 spiro atoms. The maximum Gasteiger partial charge on any atom is 0.328 e. The first-order chi connectivity index (χ1) is 13.6. The lowest BCUT2D eigenvalue weighted by atomic mass is 10.2. The van der Waals surface area contributed by atoms with Gasteiger partial charge in [0.2, 0.25) is 0 Å². The van der Waals surface area contributed by atoms with Crippen molar-refractivity contribution in [3.8, 4) is 5.75 Å². The largest absolute Gasteiger partial charge is 0.495 e. The topological polar surface area (TPSA) is 102 Å². The Bertz CT molecular complexity index is 1030. The second-order valence-corrected chi connectivity index (χ2v) is 6.62. The predicted molar refractivity (Wildman–Crippen MR) is 106 cm³/mol. The number of nitrogens with zero attached hydrogens (tertiary/aromatic N) is 3. The van der Waals surface area contributed by atoms with Crippen LogP contribution in [0.25, 0.3) is 11.2 Å². The Hall–Kier alpha value is -3.33. The van der Waals surface area contributed by atoms with Crippen LogP contribution in [-0.4, -0.2) is 47.4 Å². The summed E-state index contributed by atoms with van der Waals surface area (Å²) in [6.45, 7) is 2.69. The Morgan fingerprint density at radius 1 is 1.36 bits per heavy atom. The number of hydrogen-bond acceptors (Lipinski definition) is 7. The van der Waals surface area contributed by atoms with Crippen molar-refractivity contribution in [1.82, 2.24) is 19.9 Å². The summed E-state index contributed by atoms with van der Waals surface area (Å²) in [6.07, 6.45) is 1.47. The van der Waals surface area contributed by atoms with Gasteiger partial charge in [0.15, 0.2) is 5.65 Å². The minimum Gasteiger partial charge on any atom is -0.495 e. The standard InChI is InChI=1S/C19H22N6O3/c1-11-8-28-9-12-4-5-15(27-3)13(6-12)23-16-7-14(20-2)17-18(24-16)25(10-21-17)19(26)22-11/h4-7,10-11H,8-9H2,1-3H3,(H,22,26)(H2,20,23,24). The van der Waals surface area contributed by atoms with Crippen LogP contribution in [0.15, 0.2) is 30.6 Å². The number of rotatable bonds is 2. The SMILES string of the molecule is CNc1cc2nc3c1ncn3C(=O)NC(C)COCc1ccc(OC)c(c1)N2. The van der Waals surface area contributed by atoms with Gasteiger partial charge < -0.3 is 25.4 Å². The number of carbonyl (C=O) groups excluding carboxylic acids is 1. The lowest BCUT2D eigenvalue weighted by molar-refractivity contribution is 0.104. The number of methoxy groups -OCH3 is 1. The van der Waals surface area contributed by atoms with Gasteiger partial charge >= 0.3 is 6.03 Å². The third kappa shape index (κ3) is 3.31. The van der Waals surface area contributed by atoms with Crippen molar-refractivity contribution < 1.29 is 14.3 Å². The fraction of sp³-hybridized carbons (Fsp3) is 0.316. The number of benzene rings is 1. The molecule has 1 aromatic carbocycles. The number of pyridine rings is 1. The van der Waals surface area contributed by atoms with Crippen LogP contribution >= 0.6 is 0 Å². The van der Waals surface area contributed by atoms with E-state index in [4.69, 9.17) is 9.47 Å². The second-order valence-electron chi connectivity index (χ2n) is 6.62. The zero-order chi connectivity index (χ0) is 19.7. The molecule has 1 aliphatic heterocycles. The van der Waals surface area contributed by atoms with Gasteiger partial charge in [0.25, 0.3) is 0 Å². The fourth-order valence-electron chi connectivity index (χ4n) is 3.15. The first kappa shape index (κ1) is 18.1. The highest BCUT2D eigenvalue weighted by Crippen LogP contribution is 2.31. The molecule has 1 amide bonds. The Morgan fingerprint density at radius 2 is 2.21 bits per heavy atom. The van der Waals surface area contributed by atoms with Crippen LogP contribution in [0.3, 0.4) is 0 Å².